The number of ether oxygens (including phenoxy) is 1. The highest BCUT2D eigenvalue weighted by Crippen LogP contribution is 2.20. The van der Waals surface area contributed by atoms with E-state index in [0.29, 0.717) is 34.2 Å². The largest absolute Gasteiger partial charge is 0.481 e. The lowest BCUT2D eigenvalue weighted by Gasteiger charge is -2.07. The van der Waals surface area contributed by atoms with E-state index in [9.17, 15) is 9.18 Å². The third-order valence-electron chi connectivity index (χ3n) is 3.79. The zero-order valence-corrected chi connectivity index (χ0v) is 14.1. The number of methoxy groups -OCH3 is 1. The van der Waals surface area contributed by atoms with Crippen LogP contribution in [0.5, 0.6) is 5.88 Å². The summed E-state index contributed by atoms with van der Waals surface area (Å²) >= 11 is 0. The molecule has 25 heavy (non-hydrogen) atoms. The number of hydrogen-bond acceptors (Lipinski definition) is 4. The number of amides is 1. The van der Waals surface area contributed by atoms with Crippen LogP contribution in [-0.4, -0.2) is 27.8 Å². The Balaban J connectivity index is 1.88. The van der Waals surface area contributed by atoms with Crippen molar-refractivity contribution in [3.8, 4) is 11.6 Å². The third kappa shape index (κ3) is 3.35. The lowest BCUT2D eigenvalue weighted by Crippen LogP contribution is -2.14. The molecular formula is C18H17FN4O2. The Hall–Kier alpha value is -3.22. The van der Waals surface area contributed by atoms with E-state index in [1.54, 1.807) is 42.8 Å². The molecule has 0 saturated heterocycles. The van der Waals surface area contributed by atoms with Crippen LogP contribution in [0.3, 0.4) is 0 Å². The second-order valence-electron chi connectivity index (χ2n) is 5.48. The first-order valence-electron chi connectivity index (χ1n) is 7.63. The van der Waals surface area contributed by atoms with E-state index in [0.717, 1.165) is 0 Å². The number of carbonyl (C=O) groups excluding carboxylic acids is 1. The van der Waals surface area contributed by atoms with Crippen molar-refractivity contribution in [3.63, 3.8) is 0 Å². The molecule has 0 aliphatic rings. The summed E-state index contributed by atoms with van der Waals surface area (Å²) in [7, 11) is 1.52. The SMILES string of the molecule is COc1ccc(NC(=O)c2c(C)nn(-c3ccc(F)cc3)c2C)cn1. The van der Waals surface area contributed by atoms with Crippen LogP contribution < -0.4 is 10.1 Å². The Morgan fingerprint density at radius 2 is 1.88 bits per heavy atom. The maximum atomic E-state index is 13.1. The van der Waals surface area contributed by atoms with Gasteiger partial charge in [0.1, 0.15) is 5.82 Å². The molecule has 0 bridgehead atoms. The predicted octanol–water partition coefficient (Wildman–Crippen LogP) is 3.28. The van der Waals surface area contributed by atoms with Crippen LogP contribution >= 0.6 is 0 Å². The van der Waals surface area contributed by atoms with Crippen LogP contribution in [0.2, 0.25) is 0 Å². The summed E-state index contributed by atoms with van der Waals surface area (Å²) in [6.07, 6.45) is 1.52. The van der Waals surface area contributed by atoms with Crippen molar-refractivity contribution in [2.45, 2.75) is 13.8 Å². The molecule has 3 aromatic rings. The number of carbonyl (C=O) groups is 1. The third-order valence-corrected chi connectivity index (χ3v) is 3.79. The van der Waals surface area contributed by atoms with Gasteiger partial charge >= 0.3 is 0 Å². The van der Waals surface area contributed by atoms with Gasteiger partial charge < -0.3 is 10.1 Å². The first-order valence-corrected chi connectivity index (χ1v) is 7.63. The van der Waals surface area contributed by atoms with Crippen LogP contribution in [-0.2, 0) is 0 Å². The highest BCUT2D eigenvalue weighted by Gasteiger charge is 2.19. The zero-order valence-electron chi connectivity index (χ0n) is 14.1. The molecule has 0 aliphatic carbocycles. The highest BCUT2D eigenvalue weighted by molar-refractivity contribution is 6.05. The van der Waals surface area contributed by atoms with Gasteiger partial charge in [0.2, 0.25) is 5.88 Å². The summed E-state index contributed by atoms with van der Waals surface area (Å²) in [6, 6.07) is 9.31. The molecule has 128 valence electrons. The van der Waals surface area contributed by atoms with Crippen molar-refractivity contribution in [1.82, 2.24) is 14.8 Å². The maximum Gasteiger partial charge on any atom is 0.259 e. The van der Waals surface area contributed by atoms with Crippen LogP contribution in [0.4, 0.5) is 10.1 Å². The van der Waals surface area contributed by atoms with Gasteiger partial charge in [0, 0.05) is 6.07 Å². The average molecular weight is 340 g/mol. The molecule has 0 aliphatic heterocycles. The molecule has 0 atom stereocenters. The van der Waals surface area contributed by atoms with E-state index in [-0.39, 0.29) is 11.7 Å². The molecule has 6 nitrogen and oxygen atoms in total. The molecule has 0 radical (unpaired) electrons. The van der Waals surface area contributed by atoms with Crippen molar-refractivity contribution < 1.29 is 13.9 Å². The molecule has 2 aromatic heterocycles. The lowest BCUT2D eigenvalue weighted by molar-refractivity contribution is 0.102. The lowest BCUT2D eigenvalue weighted by atomic mass is 10.2. The van der Waals surface area contributed by atoms with E-state index in [1.165, 1.54) is 25.4 Å². The summed E-state index contributed by atoms with van der Waals surface area (Å²) < 4.78 is 19.7. The number of rotatable bonds is 4. The summed E-state index contributed by atoms with van der Waals surface area (Å²) in [5.74, 6) is -0.139. The van der Waals surface area contributed by atoms with Gasteiger partial charge in [-0.3, -0.25) is 4.79 Å². The molecule has 0 fully saturated rings. The summed E-state index contributed by atoms with van der Waals surface area (Å²) in [6.45, 7) is 3.55. The number of nitrogens with zero attached hydrogens (tertiary/aromatic N) is 3. The van der Waals surface area contributed by atoms with Gasteiger partial charge in [0.05, 0.1) is 41.6 Å². The van der Waals surface area contributed by atoms with E-state index >= 15 is 0 Å². The second-order valence-corrected chi connectivity index (χ2v) is 5.48. The molecule has 7 heteroatoms. The quantitative estimate of drug-likeness (QED) is 0.791. The first kappa shape index (κ1) is 16.6. The molecular weight excluding hydrogens is 323 g/mol. The standard InChI is InChI=1S/C18H17FN4O2/c1-11-17(18(24)21-14-6-9-16(25-3)20-10-14)12(2)23(22-11)15-7-4-13(19)5-8-15/h4-10H,1-3H3,(H,21,24). The molecule has 0 spiro atoms. The Morgan fingerprint density at radius 3 is 2.48 bits per heavy atom. The number of halogens is 1. The molecule has 0 saturated carbocycles. The molecule has 1 aromatic carbocycles. The van der Waals surface area contributed by atoms with Gasteiger partial charge in [0.25, 0.3) is 5.91 Å². The molecule has 1 amide bonds. The van der Waals surface area contributed by atoms with Crippen molar-refractivity contribution >= 4 is 11.6 Å². The number of aromatic nitrogens is 3. The minimum absolute atomic E-state index is 0.282. The Kier molecular flexibility index (Phi) is 4.47. The predicted molar refractivity (Wildman–Crippen MR) is 91.7 cm³/mol. The zero-order chi connectivity index (χ0) is 18.0. The number of aryl methyl sites for hydroxylation is 1. The van der Waals surface area contributed by atoms with E-state index in [4.69, 9.17) is 4.74 Å². The van der Waals surface area contributed by atoms with Gasteiger partial charge in [-0.2, -0.15) is 5.10 Å². The molecule has 3 rings (SSSR count). The van der Waals surface area contributed by atoms with Crippen molar-refractivity contribution in [2.75, 3.05) is 12.4 Å². The van der Waals surface area contributed by atoms with Gasteiger partial charge in [0.15, 0.2) is 0 Å². The Morgan fingerprint density at radius 1 is 1.16 bits per heavy atom. The smallest absolute Gasteiger partial charge is 0.259 e. The Labute approximate surface area is 144 Å². The van der Waals surface area contributed by atoms with E-state index in [1.807, 2.05) is 0 Å². The Bertz CT molecular complexity index is 902. The normalized spacial score (nSPS) is 10.6. The first-order chi connectivity index (χ1) is 12.0. The molecule has 2 heterocycles. The minimum Gasteiger partial charge on any atom is -0.481 e. The fraction of sp³-hybridized carbons (Fsp3) is 0.167. The van der Waals surface area contributed by atoms with Gasteiger partial charge in [-0.15, -0.1) is 0 Å². The average Bonchev–Trinajstić information content (AvgIpc) is 2.91. The van der Waals surface area contributed by atoms with Crippen LogP contribution in [0.25, 0.3) is 5.69 Å². The number of hydrogen-bond donors (Lipinski definition) is 1. The van der Waals surface area contributed by atoms with Gasteiger partial charge in [-0.1, -0.05) is 0 Å². The minimum atomic E-state index is -0.324. The number of nitrogens with one attached hydrogen (secondary N) is 1. The summed E-state index contributed by atoms with van der Waals surface area (Å²) in [5, 5.41) is 7.19. The van der Waals surface area contributed by atoms with E-state index in [2.05, 4.69) is 15.4 Å². The van der Waals surface area contributed by atoms with Crippen LogP contribution in [0, 0.1) is 19.7 Å². The van der Waals surface area contributed by atoms with Gasteiger partial charge in [-0.25, -0.2) is 14.1 Å². The number of benzene rings is 1. The van der Waals surface area contributed by atoms with Crippen molar-refractivity contribution in [1.29, 1.82) is 0 Å². The van der Waals surface area contributed by atoms with E-state index < -0.39 is 0 Å². The second kappa shape index (κ2) is 6.72. The molecule has 0 unspecified atom stereocenters. The topological polar surface area (TPSA) is 69.0 Å². The van der Waals surface area contributed by atoms with Crippen molar-refractivity contribution in [3.05, 3.63) is 65.4 Å². The van der Waals surface area contributed by atoms with Crippen molar-refractivity contribution in [2.24, 2.45) is 0 Å². The number of pyridine rings is 1. The number of anilines is 1. The monoisotopic (exact) mass is 340 g/mol. The fourth-order valence-corrected chi connectivity index (χ4v) is 2.57. The van der Waals surface area contributed by atoms with Crippen LogP contribution in [0.1, 0.15) is 21.7 Å². The maximum absolute atomic E-state index is 13.1. The fourth-order valence-electron chi connectivity index (χ4n) is 2.57. The summed E-state index contributed by atoms with van der Waals surface area (Å²) in [5.41, 5.74) is 2.97. The van der Waals surface area contributed by atoms with Gasteiger partial charge in [-0.05, 0) is 44.2 Å². The molecule has 1 N–H and O–H groups in total. The van der Waals surface area contributed by atoms with Crippen LogP contribution in [0.15, 0.2) is 42.6 Å². The highest BCUT2D eigenvalue weighted by atomic mass is 19.1. The summed E-state index contributed by atoms with van der Waals surface area (Å²) in [4.78, 5) is 16.7.